The molecule has 0 unspecified atom stereocenters. The molecule has 2 aromatic rings. The third-order valence-corrected chi connectivity index (χ3v) is 5.97. The van der Waals surface area contributed by atoms with Gasteiger partial charge < -0.3 is 19.9 Å². The molecule has 8 heteroatoms. The SMILES string of the molecule is COc1ccc(Nc2cc(C)nc(N3CCN(C(=O)C4CCC(=O)CC4)CC3)n2)cc1. The molecule has 31 heavy (non-hydrogen) atoms. The lowest BCUT2D eigenvalue weighted by Gasteiger charge is -2.37. The fourth-order valence-electron chi connectivity index (χ4n) is 4.15. The summed E-state index contributed by atoms with van der Waals surface area (Å²) < 4.78 is 5.20. The lowest BCUT2D eigenvalue weighted by atomic mass is 9.87. The van der Waals surface area contributed by atoms with E-state index in [0.29, 0.717) is 57.8 Å². The molecule has 0 bridgehead atoms. The van der Waals surface area contributed by atoms with Gasteiger partial charge in [-0.3, -0.25) is 9.59 Å². The van der Waals surface area contributed by atoms with Crippen molar-refractivity contribution in [1.82, 2.24) is 14.9 Å². The van der Waals surface area contributed by atoms with Gasteiger partial charge in [0.25, 0.3) is 0 Å². The molecule has 4 rings (SSSR count). The van der Waals surface area contributed by atoms with E-state index in [9.17, 15) is 9.59 Å². The van der Waals surface area contributed by atoms with E-state index in [1.807, 2.05) is 42.2 Å². The highest BCUT2D eigenvalue weighted by Crippen LogP contribution is 2.25. The monoisotopic (exact) mass is 423 g/mol. The molecular formula is C23H29N5O3. The Hall–Kier alpha value is -3.16. The van der Waals surface area contributed by atoms with Crippen LogP contribution in [-0.4, -0.2) is 59.8 Å². The van der Waals surface area contributed by atoms with E-state index in [0.717, 1.165) is 22.9 Å². The van der Waals surface area contributed by atoms with E-state index < -0.39 is 0 Å². The van der Waals surface area contributed by atoms with Gasteiger partial charge >= 0.3 is 0 Å². The predicted molar refractivity (Wildman–Crippen MR) is 119 cm³/mol. The minimum absolute atomic E-state index is 0.000214. The second-order valence-electron chi connectivity index (χ2n) is 8.17. The summed E-state index contributed by atoms with van der Waals surface area (Å²) in [5, 5.41) is 3.32. The number of benzene rings is 1. The first kappa shape index (κ1) is 21.1. The van der Waals surface area contributed by atoms with E-state index in [4.69, 9.17) is 9.72 Å². The maximum Gasteiger partial charge on any atom is 0.227 e. The third kappa shape index (κ3) is 5.13. The van der Waals surface area contributed by atoms with Crippen molar-refractivity contribution in [3.8, 4) is 5.75 Å². The molecule has 1 aromatic carbocycles. The largest absolute Gasteiger partial charge is 0.497 e. The number of amides is 1. The van der Waals surface area contributed by atoms with Crippen molar-refractivity contribution in [3.63, 3.8) is 0 Å². The lowest BCUT2D eigenvalue weighted by molar-refractivity contribution is -0.137. The van der Waals surface area contributed by atoms with Gasteiger partial charge in [-0.05, 0) is 44.0 Å². The summed E-state index contributed by atoms with van der Waals surface area (Å²) >= 11 is 0. The van der Waals surface area contributed by atoms with Gasteiger partial charge in [0.15, 0.2) is 0 Å². The molecule has 0 atom stereocenters. The Morgan fingerprint density at radius 1 is 1.06 bits per heavy atom. The van der Waals surface area contributed by atoms with Crippen molar-refractivity contribution in [2.75, 3.05) is 43.5 Å². The molecule has 1 saturated carbocycles. The van der Waals surface area contributed by atoms with Crippen molar-refractivity contribution in [3.05, 3.63) is 36.0 Å². The van der Waals surface area contributed by atoms with Gasteiger partial charge in [-0.25, -0.2) is 4.98 Å². The first-order chi connectivity index (χ1) is 15.0. The maximum atomic E-state index is 12.8. The van der Waals surface area contributed by atoms with Crippen molar-refractivity contribution in [2.45, 2.75) is 32.6 Å². The summed E-state index contributed by atoms with van der Waals surface area (Å²) in [4.78, 5) is 37.6. The number of nitrogens with one attached hydrogen (secondary N) is 1. The average Bonchev–Trinajstić information content (AvgIpc) is 2.79. The number of hydrogen-bond acceptors (Lipinski definition) is 7. The molecule has 2 heterocycles. The molecule has 1 N–H and O–H groups in total. The van der Waals surface area contributed by atoms with E-state index in [-0.39, 0.29) is 17.6 Å². The third-order valence-electron chi connectivity index (χ3n) is 5.97. The summed E-state index contributed by atoms with van der Waals surface area (Å²) in [6, 6.07) is 9.60. The van der Waals surface area contributed by atoms with Gasteiger partial charge in [0.05, 0.1) is 7.11 Å². The Bertz CT molecular complexity index is 929. The van der Waals surface area contributed by atoms with Crippen LogP contribution in [0.15, 0.2) is 30.3 Å². The average molecular weight is 424 g/mol. The van der Waals surface area contributed by atoms with E-state index in [1.54, 1.807) is 7.11 Å². The van der Waals surface area contributed by atoms with E-state index in [2.05, 4.69) is 15.2 Å². The molecule has 1 amide bonds. The second-order valence-corrected chi connectivity index (χ2v) is 8.17. The summed E-state index contributed by atoms with van der Waals surface area (Å²) in [7, 11) is 1.64. The first-order valence-corrected chi connectivity index (χ1v) is 10.8. The Balaban J connectivity index is 1.37. The number of nitrogens with zero attached hydrogens (tertiary/aromatic N) is 4. The number of piperazine rings is 1. The molecule has 0 spiro atoms. The van der Waals surface area contributed by atoms with Crippen LogP contribution in [0.25, 0.3) is 0 Å². The van der Waals surface area contributed by atoms with Gasteiger partial charge in [-0.15, -0.1) is 0 Å². The Morgan fingerprint density at radius 2 is 1.74 bits per heavy atom. The van der Waals surface area contributed by atoms with Crippen molar-refractivity contribution >= 4 is 29.1 Å². The van der Waals surface area contributed by atoms with E-state index in [1.165, 1.54) is 0 Å². The highest BCUT2D eigenvalue weighted by Gasteiger charge is 2.30. The van der Waals surface area contributed by atoms with Gasteiger partial charge in [0, 0.05) is 62.4 Å². The molecule has 1 aliphatic heterocycles. The van der Waals surface area contributed by atoms with Crippen LogP contribution in [-0.2, 0) is 9.59 Å². The van der Waals surface area contributed by atoms with Crippen LogP contribution in [0.3, 0.4) is 0 Å². The summed E-state index contributed by atoms with van der Waals surface area (Å²) in [5.41, 5.74) is 1.80. The highest BCUT2D eigenvalue weighted by molar-refractivity contribution is 5.84. The Morgan fingerprint density at radius 3 is 2.39 bits per heavy atom. The smallest absolute Gasteiger partial charge is 0.227 e. The van der Waals surface area contributed by atoms with E-state index >= 15 is 0 Å². The fraction of sp³-hybridized carbons (Fsp3) is 0.478. The molecule has 8 nitrogen and oxygen atoms in total. The first-order valence-electron chi connectivity index (χ1n) is 10.8. The Kier molecular flexibility index (Phi) is 6.34. The topological polar surface area (TPSA) is 87.7 Å². The summed E-state index contributed by atoms with van der Waals surface area (Å²) in [6.45, 7) is 4.66. The zero-order valence-electron chi connectivity index (χ0n) is 18.1. The van der Waals surface area contributed by atoms with Crippen LogP contribution in [0.4, 0.5) is 17.5 Å². The second kappa shape index (κ2) is 9.32. The maximum absolute atomic E-state index is 12.8. The summed E-state index contributed by atoms with van der Waals surface area (Å²) in [6.07, 6.45) is 2.47. The zero-order valence-corrected chi connectivity index (χ0v) is 18.1. The Labute approximate surface area is 182 Å². The number of aryl methyl sites for hydroxylation is 1. The van der Waals surface area contributed by atoms with Crippen molar-refractivity contribution < 1.29 is 14.3 Å². The molecule has 0 radical (unpaired) electrons. The molecular weight excluding hydrogens is 394 g/mol. The number of anilines is 3. The minimum atomic E-state index is -0.000214. The zero-order chi connectivity index (χ0) is 21.8. The van der Waals surface area contributed by atoms with Crippen LogP contribution >= 0.6 is 0 Å². The number of rotatable bonds is 5. The number of ether oxygens (including phenoxy) is 1. The molecule has 1 aliphatic carbocycles. The van der Waals surface area contributed by atoms with Crippen LogP contribution < -0.4 is 15.0 Å². The fourth-order valence-corrected chi connectivity index (χ4v) is 4.15. The highest BCUT2D eigenvalue weighted by atomic mass is 16.5. The standard InChI is InChI=1S/C23H29N5O3/c1-16-15-21(25-18-5-9-20(31-2)10-6-18)26-23(24-16)28-13-11-27(12-14-28)22(30)17-3-7-19(29)8-4-17/h5-6,9-10,15,17H,3-4,7-8,11-14H2,1-2H3,(H,24,25,26). The molecule has 1 aromatic heterocycles. The van der Waals surface area contributed by atoms with Crippen molar-refractivity contribution in [1.29, 1.82) is 0 Å². The lowest BCUT2D eigenvalue weighted by Crippen LogP contribution is -2.51. The van der Waals surface area contributed by atoms with Crippen LogP contribution in [0.1, 0.15) is 31.4 Å². The van der Waals surface area contributed by atoms with Crippen LogP contribution in [0.2, 0.25) is 0 Å². The molecule has 164 valence electrons. The van der Waals surface area contributed by atoms with Crippen LogP contribution in [0.5, 0.6) is 5.75 Å². The summed E-state index contributed by atoms with van der Waals surface area (Å²) in [5.74, 6) is 2.69. The number of aromatic nitrogens is 2. The van der Waals surface area contributed by atoms with Gasteiger partial charge in [0.1, 0.15) is 17.4 Å². The number of ketones is 1. The van der Waals surface area contributed by atoms with Gasteiger partial charge in [-0.2, -0.15) is 4.98 Å². The number of Topliss-reactive ketones (excluding diaryl/α,β-unsaturated/α-hetero) is 1. The molecule has 1 saturated heterocycles. The minimum Gasteiger partial charge on any atom is -0.497 e. The quantitative estimate of drug-likeness (QED) is 0.791. The normalized spacial score (nSPS) is 17.5. The van der Waals surface area contributed by atoms with Crippen LogP contribution in [0, 0.1) is 12.8 Å². The predicted octanol–water partition coefficient (Wildman–Crippen LogP) is 2.95. The number of methoxy groups -OCH3 is 1. The molecule has 2 fully saturated rings. The molecule has 2 aliphatic rings. The van der Waals surface area contributed by atoms with Crippen molar-refractivity contribution in [2.24, 2.45) is 5.92 Å². The number of carbonyl (C=O) groups is 2. The number of hydrogen-bond donors (Lipinski definition) is 1. The van der Waals surface area contributed by atoms with Gasteiger partial charge in [-0.1, -0.05) is 0 Å². The van der Waals surface area contributed by atoms with Gasteiger partial charge in [0.2, 0.25) is 11.9 Å². The number of carbonyl (C=O) groups excluding carboxylic acids is 2.